The van der Waals surface area contributed by atoms with E-state index in [0.29, 0.717) is 31.8 Å². The molecule has 0 radical (unpaired) electrons. The van der Waals surface area contributed by atoms with Crippen molar-refractivity contribution in [2.24, 2.45) is 0 Å². The first kappa shape index (κ1) is 21.4. The van der Waals surface area contributed by atoms with E-state index >= 15 is 0 Å². The van der Waals surface area contributed by atoms with Crippen LogP contribution in [0.2, 0.25) is 0 Å². The summed E-state index contributed by atoms with van der Waals surface area (Å²) >= 11 is 0. The number of carbonyl (C=O) groups excluding carboxylic acids is 2. The zero-order valence-electron chi connectivity index (χ0n) is 18.3. The van der Waals surface area contributed by atoms with Crippen LogP contribution in [0.4, 0.5) is 5.82 Å². The predicted molar refractivity (Wildman–Crippen MR) is 118 cm³/mol. The first-order valence-electron chi connectivity index (χ1n) is 11.1. The second kappa shape index (κ2) is 9.56. The van der Waals surface area contributed by atoms with Gasteiger partial charge in [-0.3, -0.25) is 14.5 Å². The van der Waals surface area contributed by atoms with Gasteiger partial charge in [0.1, 0.15) is 12.4 Å². The van der Waals surface area contributed by atoms with Gasteiger partial charge in [0.25, 0.3) is 0 Å². The van der Waals surface area contributed by atoms with Crippen LogP contribution in [-0.4, -0.2) is 53.5 Å². The standard InChI is InChI=1S/C24H30N4O3/c1-17-19-12-13-21(29)28(15-6-10-18-8-4-3-5-9-18)24(19)26-23(25-17)20-11-7-14-27(20)22(30)16-31-2/h3-5,8-9,20H,6-7,10-16H2,1-2H3/t20-/m1/s1. The quantitative estimate of drug-likeness (QED) is 0.686. The van der Waals surface area contributed by atoms with Gasteiger partial charge in [-0.25, -0.2) is 9.97 Å². The van der Waals surface area contributed by atoms with Crippen LogP contribution in [0.3, 0.4) is 0 Å². The molecule has 2 aliphatic rings. The molecule has 7 heteroatoms. The maximum absolute atomic E-state index is 12.8. The molecule has 7 nitrogen and oxygen atoms in total. The van der Waals surface area contributed by atoms with Crippen LogP contribution in [0.25, 0.3) is 0 Å². The SMILES string of the molecule is COCC(=O)N1CCC[C@@H]1c1nc(C)c2c(n1)N(CCCc1ccccc1)C(=O)CC2. The topological polar surface area (TPSA) is 75.6 Å². The third-order valence-electron chi connectivity index (χ3n) is 6.18. The number of likely N-dealkylation sites (tertiary alicyclic amines) is 1. The van der Waals surface area contributed by atoms with E-state index in [1.165, 1.54) is 12.7 Å². The number of methoxy groups -OCH3 is 1. The molecule has 0 bridgehead atoms. The Hall–Kier alpha value is -2.80. The summed E-state index contributed by atoms with van der Waals surface area (Å²) in [4.78, 5) is 38.5. The van der Waals surface area contributed by atoms with Crippen LogP contribution in [-0.2, 0) is 27.2 Å². The van der Waals surface area contributed by atoms with Crippen molar-refractivity contribution < 1.29 is 14.3 Å². The summed E-state index contributed by atoms with van der Waals surface area (Å²) in [5.41, 5.74) is 3.23. The Balaban J connectivity index is 1.57. The van der Waals surface area contributed by atoms with E-state index in [4.69, 9.17) is 14.7 Å². The number of benzene rings is 1. The molecule has 164 valence electrons. The van der Waals surface area contributed by atoms with E-state index in [1.54, 1.807) is 0 Å². The lowest BCUT2D eigenvalue weighted by Gasteiger charge is -2.31. The minimum Gasteiger partial charge on any atom is -0.375 e. The largest absolute Gasteiger partial charge is 0.375 e. The van der Waals surface area contributed by atoms with Gasteiger partial charge in [-0.05, 0) is 44.6 Å². The van der Waals surface area contributed by atoms with Crippen molar-refractivity contribution in [2.75, 3.05) is 31.7 Å². The summed E-state index contributed by atoms with van der Waals surface area (Å²) < 4.78 is 5.04. The van der Waals surface area contributed by atoms with Gasteiger partial charge in [0.15, 0.2) is 5.82 Å². The maximum Gasteiger partial charge on any atom is 0.249 e. The van der Waals surface area contributed by atoms with Gasteiger partial charge in [-0.15, -0.1) is 0 Å². The number of fused-ring (bicyclic) bond motifs is 1. The van der Waals surface area contributed by atoms with Crippen molar-refractivity contribution in [1.29, 1.82) is 0 Å². The highest BCUT2D eigenvalue weighted by molar-refractivity contribution is 5.95. The molecule has 0 saturated carbocycles. The lowest BCUT2D eigenvalue weighted by atomic mass is 10.0. The molecule has 1 atom stereocenters. The average molecular weight is 423 g/mol. The molecule has 0 spiro atoms. The molecule has 0 aliphatic carbocycles. The first-order valence-corrected chi connectivity index (χ1v) is 11.1. The summed E-state index contributed by atoms with van der Waals surface area (Å²) in [6.07, 6.45) is 4.69. The minimum absolute atomic E-state index is 0.0419. The Morgan fingerprint density at radius 2 is 2.00 bits per heavy atom. The lowest BCUT2D eigenvalue weighted by molar-refractivity contribution is -0.136. The van der Waals surface area contributed by atoms with E-state index in [0.717, 1.165) is 42.8 Å². The van der Waals surface area contributed by atoms with Crippen molar-refractivity contribution in [3.8, 4) is 0 Å². The van der Waals surface area contributed by atoms with Crippen LogP contribution < -0.4 is 4.90 Å². The zero-order chi connectivity index (χ0) is 21.8. The molecule has 0 unspecified atom stereocenters. The number of hydrogen-bond donors (Lipinski definition) is 0. The second-order valence-corrected chi connectivity index (χ2v) is 8.28. The smallest absolute Gasteiger partial charge is 0.249 e. The van der Waals surface area contributed by atoms with Crippen molar-refractivity contribution in [2.45, 2.75) is 51.5 Å². The molecule has 31 heavy (non-hydrogen) atoms. The van der Waals surface area contributed by atoms with Crippen molar-refractivity contribution >= 4 is 17.6 Å². The van der Waals surface area contributed by atoms with E-state index in [1.807, 2.05) is 34.9 Å². The molecule has 0 N–H and O–H groups in total. The molecule has 1 saturated heterocycles. The van der Waals surface area contributed by atoms with Gasteiger partial charge in [0.2, 0.25) is 11.8 Å². The summed E-state index contributed by atoms with van der Waals surface area (Å²) in [7, 11) is 1.53. The highest BCUT2D eigenvalue weighted by Gasteiger charge is 2.34. The Labute approximate surface area is 183 Å². The Bertz CT molecular complexity index is 947. The number of ether oxygens (including phenoxy) is 1. The van der Waals surface area contributed by atoms with Crippen LogP contribution in [0.1, 0.15) is 54.4 Å². The predicted octanol–water partition coefficient (Wildman–Crippen LogP) is 3.01. The highest BCUT2D eigenvalue weighted by Crippen LogP contribution is 2.34. The monoisotopic (exact) mass is 422 g/mol. The van der Waals surface area contributed by atoms with E-state index in [9.17, 15) is 9.59 Å². The minimum atomic E-state index is -0.158. The van der Waals surface area contributed by atoms with E-state index in [2.05, 4.69) is 12.1 Å². The molecule has 2 aliphatic heterocycles. The number of rotatable bonds is 7. The van der Waals surface area contributed by atoms with Crippen LogP contribution >= 0.6 is 0 Å². The number of anilines is 1. The lowest BCUT2D eigenvalue weighted by Crippen LogP contribution is -2.39. The van der Waals surface area contributed by atoms with Gasteiger partial charge in [-0.1, -0.05) is 30.3 Å². The number of carbonyl (C=O) groups is 2. The third kappa shape index (κ3) is 4.61. The molecular weight excluding hydrogens is 392 g/mol. The van der Waals surface area contributed by atoms with E-state index < -0.39 is 0 Å². The molecule has 1 aromatic carbocycles. The molecule has 2 amide bonds. The zero-order valence-corrected chi connectivity index (χ0v) is 18.3. The van der Waals surface area contributed by atoms with Crippen LogP contribution in [0, 0.1) is 6.92 Å². The third-order valence-corrected chi connectivity index (χ3v) is 6.18. The average Bonchev–Trinajstić information content (AvgIpc) is 3.26. The first-order chi connectivity index (χ1) is 15.1. The van der Waals surface area contributed by atoms with Crippen LogP contribution in [0.5, 0.6) is 0 Å². The van der Waals surface area contributed by atoms with Crippen molar-refractivity contribution in [1.82, 2.24) is 14.9 Å². The van der Waals surface area contributed by atoms with Gasteiger partial charge in [0.05, 0.1) is 6.04 Å². The number of aromatic nitrogens is 2. The number of nitrogens with zero attached hydrogens (tertiary/aromatic N) is 4. The fourth-order valence-electron chi connectivity index (χ4n) is 4.61. The highest BCUT2D eigenvalue weighted by atomic mass is 16.5. The molecule has 4 rings (SSSR count). The normalized spacial score (nSPS) is 18.4. The van der Waals surface area contributed by atoms with Gasteiger partial charge in [0, 0.05) is 37.9 Å². The Morgan fingerprint density at radius 1 is 1.19 bits per heavy atom. The second-order valence-electron chi connectivity index (χ2n) is 8.28. The van der Waals surface area contributed by atoms with Crippen LogP contribution in [0.15, 0.2) is 30.3 Å². The molecule has 2 aromatic rings. The number of hydrogen-bond acceptors (Lipinski definition) is 5. The van der Waals surface area contributed by atoms with Crippen molar-refractivity contribution in [3.63, 3.8) is 0 Å². The van der Waals surface area contributed by atoms with Gasteiger partial charge >= 0.3 is 0 Å². The number of aryl methyl sites for hydroxylation is 2. The fourth-order valence-corrected chi connectivity index (χ4v) is 4.61. The summed E-state index contributed by atoms with van der Waals surface area (Å²) in [5.74, 6) is 1.45. The Morgan fingerprint density at radius 3 is 2.77 bits per heavy atom. The summed E-state index contributed by atoms with van der Waals surface area (Å²) in [6.45, 7) is 3.36. The molecular formula is C24H30N4O3. The molecule has 1 fully saturated rings. The van der Waals surface area contributed by atoms with E-state index in [-0.39, 0.29) is 24.5 Å². The molecule has 3 heterocycles. The summed E-state index contributed by atoms with van der Waals surface area (Å²) in [6, 6.07) is 10.2. The Kier molecular flexibility index (Phi) is 6.61. The maximum atomic E-state index is 12.8. The number of amides is 2. The van der Waals surface area contributed by atoms with Gasteiger partial charge in [-0.2, -0.15) is 0 Å². The van der Waals surface area contributed by atoms with Gasteiger partial charge < -0.3 is 9.64 Å². The summed E-state index contributed by atoms with van der Waals surface area (Å²) in [5, 5.41) is 0. The van der Waals surface area contributed by atoms with Crippen molar-refractivity contribution in [3.05, 3.63) is 53.0 Å². The molecule has 1 aromatic heterocycles. The fraction of sp³-hybridized carbons (Fsp3) is 0.500.